The molecule has 0 aliphatic heterocycles. The van der Waals surface area contributed by atoms with E-state index >= 15 is 0 Å². The van der Waals surface area contributed by atoms with E-state index in [9.17, 15) is 0 Å². The summed E-state index contributed by atoms with van der Waals surface area (Å²) in [5, 5.41) is 7.58. The average molecular weight is 664 g/mol. The SMILES string of the molecule is CC1(C)c2ccccc2-c2c(-c3ccc(N(c4ccc(-c5ccc6ccccc6c5)cc4)c4cccc5ccccc45)cc3)cc3ccccc3c21. The van der Waals surface area contributed by atoms with Crippen LogP contribution in [0.1, 0.15) is 25.0 Å². The van der Waals surface area contributed by atoms with Crippen LogP contribution in [0.4, 0.5) is 17.1 Å². The summed E-state index contributed by atoms with van der Waals surface area (Å²) in [6, 6.07) is 69.1. The lowest BCUT2D eigenvalue weighted by molar-refractivity contribution is 0.666. The standard InChI is InChI=1S/C51H37N/c1-51(2)47-20-10-9-19-45(47)49-46(33-40-15-6-8-18-44(40)50(49)51)37-26-30-42(31-27-37)52(48-21-11-16-36-13-5-7-17-43(36)48)41-28-24-35(25-29-41)39-23-22-34-12-3-4-14-38(34)32-39/h3-33H,1-2H3. The number of anilines is 3. The molecule has 1 nitrogen and oxygen atoms in total. The third kappa shape index (κ3) is 4.77. The molecule has 246 valence electrons. The van der Waals surface area contributed by atoms with E-state index in [0.717, 1.165) is 17.1 Å². The summed E-state index contributed by atoms with van der Waals surface area (Å²) >= 11 is 0. The monoisotopic (exact) mass is 663 g/mol. The Morgan fingerprint density at radius 2 is 0.962 bits per heavy atom. The van der Waals surface area contributed by atoms with Crippen LogP contribution < -0.4 is 4.90 Å². The van der Waals surface area contributed by atoms with Crippen LogP contribution in [-0.2, 0) is 5.41 Å². The number of hydrogen-bond donors (Lipinski definition) is 0. The van der Waals surface area contributed by atoms with Crippen molar-refractivity contribution in [1.29, 1.82) is 0 Å². The first-order chi connectivity index (χ1) is 25.5. The van der Waals surface area contributed by atoms with Crippen molar-refractivity contribution >= 4 is 49.4 Å². The van der Waals surface area contributed by atoms with Gasteiger partial charge in [-0.2, -0.15) is 0 Å². The van der Waals surface area contributed by atoms with Crippen LogP contribution >= 0.6 is 0 Å². The molecular weight excluding hydrogens is 627 g/mol. The second kappa shape index (κ2) is 11.8. The summed E-state index contributed by atoms with van der Waals surface area (Å²) in [7, 11) is 0. The minimum Gasteiger partial charge on any atom is -0.310 e. The lowest BCUT2D eigenvalue weighted by atomic mass is 9.79. The molecule has 0 unspecified atom stereocenters. The summed E-state index contributed by atoms with van der Waals surface area (Å²) in [5.74, 6) is 0. The predicted molar refractivity (Wildman–Crippen MR) is 222 cm³/mol. The highest BCUT2D eigenvalue weighted by atomic mass is 15.1. The molecular formula is C51H37N. The van der Waals surface area contributed by atoms with Crippen LogP contribution in [-0.4, -0.2) is 0 Å². The molecule has 0 saturated carbocycles. The zero-order valence-electron chi connectivity index (χ0n) is 29.3. The van der Waals surface area contributed by atoms with E-state index < -0.39 is 0 Å². The van der Waals surface area contributed by atoms with Crippen molar-refractivity contribution in [3.8, 4) is 33.4 Å². The molecule has 9 aromatic rings. The lowest BCUT2D eigenvalue weighted by Gasteiger charge is -2.27. The highest BCUT2D eigenvalue weighted by molar-refractivity contribution is 6.05. The van der Waals surface area contributed by atoms with Crippen molar-refractivity contribution in [3.05, 3.63) is 199 Å². The molecule has 9 aromatic carbocycles. The molecule has 0 N–H and O–H groups in total. The highest BCUT2D eigenvalue weighted by Crippen LogP contribution is 2.55. The molecule has 0 saturated heterocycles. The molecule has 0 heterocycles. The first-order valence-corrected chi connectivity index (χ1v) is 18.2. The first-order valence-electron chi connectivity index (χ1n) is 18.2. The second-order valence-electron chi connectivity index (χ2n) is 14.6. The molecule has 1 aliphatic carbocycles. The van der Waals surface area contributed by atoms with Gasteiger partial charge in [-0.1, -0.05) is 159 Å². The topological polar surface area (TPSA) is 3.24 Å². The van der Waals surface area contributed by atoms with Gasteiger partial charge in [-0.15, -0.1) is 0 Å². The minimum atomic E-state index is -0.0916. The molecule has 52 heavy (non-hydrogen) atoms. The van der Waals surface area contributed by atoms with E-state index in [1.165, 1.54) is 76.8 Å². The number of benzene rings is 9. The van der Waals surface area contributed by atoms with Crippen molar-refractivity contribution < 1.29 is 0 Å². The van der Waals surface area contributed by atoms with Gasteiger partial charge in [-0.25, -0.2) is 0 Å². The Balaban J connectivity index is 1.11. The van der Waals surface area contributed by atoms with E-state index in [1.807, 2.05) is 0 Å². The van der Waals surface area contributed by atoms with Gasteiger partial charge in [0.1, 0.15) is 0 Å². The van der Waals surface area contributed by atoms with Crippen LogP contribution in [0.5, 0.6) is 0 Å². The summed E-state index contributed by atoms with van der Waals surface area (Å²) in [4.78, 5) is 2.40. The quantitative estimate of drug-likeness (QED) is 0.177. The number of hydrogen-bond acceptors (Lipinski definition) is 1. The Kier molecular flexibility index (Phi) is 6.91. The smallest absolute Gasteiger partial charge is 0.0540 e. The molecule has 0 bridgehead atoms. The van der Waals surface area contributed by atoms with Gasteiger partial charge < -0.3 is 4.90 Å². The number of fused-ring (bicyclic) bond motifs is 7. The van der Waals surface area contributed by atoms with Crippen LogP contribution in [0, 0.1) is 0 Å². The van der Waals surface area contributed by atoms with E-state index in [4.69, 9.17) is 0 Å². The minimum absolute atomic E-state index is 0.0916. The fourth-order valence-electron chi connectivity index (χ4n) is 8.68. The van der Waals surface area contributed by atoms with Crippen LogP contribution in [0.25, 0.3) is 65.7 Å². The Morgan fingerprint density at radius 1 is 0.385 bits per heavy atom. The molecule has 0 fully saturated rings. The van der Waals surface area contributed by atoms with Gasteiger partial charge >= 0.3 is 0 Å². The Labute approximate surface area is 305 Å². The number of rotatable bonds is 5. The van der Waals surface area contributed by atoms with Gasteiger partial charge in [0, 0.05) is 22.2 Å². The lowest BCUT2D eigenvalue weighted by Crippen LogP contribution is -2.15. The molecule has 1 aliphatic rings. The fraction of sp³-hybridized carbons (Fsp3) is 0.0588. The predicted octanol–water partition coefficient (Wildman–Crippen LogP) is 14.3. The number of nitrogens with zero attached hydrogens (tertiary/aromatic N) is 1. The summed E-state index contributed by atoms with van der Waals surface area (Å²) in [6.07, 6.45) is 0. The van der Waals surface area contributed by atoms with Crippen molar-refractivity contribution in [1.82, 2.24) is 0 Å². The van der Waals surface area contributed by atoms with Crippen LogP contribution in [0.2, 0.25) is 0 Å². The molecule has 0 radical (unpaired) electrons. The maximum absolute atomic E-state index is 2.40. The van der Waals surface area contributed by atoms with Crippen molar-refractivity contribution in [2.45, 2.75) is 19.3 Å². The van der Waals surface area contributed by atoms with Gasteiger partial charge in [-0.3, -0.25) is 0 Å². The first kappa shape index (κ1) is 30.4. The van der Waals surface area contributed by atoms with E-state index in [-0.39, 0.29) is 5.41 Å². The van der Waals surface area contributed by atoms with Crippen molar-refractivity contribution in [2.24, 2.45) is 0 Å². The normalized spacial score (nSPS) is 13.0. The van der Waals surface area contributed by atoms with Gasteiger partial charge in [-0.05, 0) is 114 Å². The molecule has 0 atom stereocenters. The van der Waals surface area contributed by atoms with Gasteiger partial charge in [0.25, 0.3) is 0 Å². The molecule has 0 amide bonds. The Morgan fingerprint density at radius 3 is 1.73 bits per heavy atom. The molecule has 0 aromatic heterocycles. The largest absolute Gasteiger partial charge is 0.310 e. The zero-order chi connectivity index (χ0) is 34.8. The highest BCUT2D eigenvalue weighted by Gasteiger charge is 2.38. The van der Waals surface area contributed by atoms with E-state index in [0.29, 0.717) is 0 Å². The van der Waals surface area contributed by atoms with Gasteiger partial charge in [0.2, 0.25) is 0 Å². The average Bonchev–Trinajstić information content (AvgIpc) is 3.45. The fourth-order valence-corrected chi connectivity index (χ4v) is 8.68. The summed E-state index contributed by atoms with van der Waals surface area (Å²) in [6.45, 7) is 4.76. The zero-order valence-corrected chi connectivity index (χ0v) is 29.3. The molecule has 0 spiro atoms. The Bertz CT molecular complexity index is 2800. The van der Waals surface area contributed by atoms with E-state index in [2.05, 4.69) is 207 Å². The summed E-state index contributed by atoms with van der Waals surface area (Å²) in [5.41, 5.74) is 13.8. The van der Waals surface area contributed by atoms with Gasteiger partial charge in [0.15, 0.2) is 0 Å². The maximum atomic E-state index is 2.40. The third-order valence-electron chi connectivity index (χ3n) is 11.2. The Hall–Kier alpha value is -6.44. The van der Waals surface area contributed by atoms with Gasteiger partial charge in [0.05, 0.1) is 5.69 Å². The summed E-state index contributed by atoms with van der Waals surface area (Å²) < 4.78 is 0. The molecule has 10 rings (SSSR count). The van der Waals surface area contributed by atoms with Crippen molar-refractivity contribution in [3.63, 3.8) is 0 Å². The van der Waals surface area contributed by atoms with Crippen molar-refractivity contribution in [2.75, 3.05) is 4.90 Å². The maximum Gasteiger partial charge on any atom is 0.0540 e. The van der Waals surface area contributed by atoms with Crippen LogP contribution in [0.15, 0.2) is 188 Å². The third-order valence-corrected chi connectivity index (χ3v) is 11.2. The van der Waals surface area contributed by atoms with E-state index in [1.54, 1.807) is 0 Å². The molecule has 1 heteroatoms. The second-order valence-corrected chi connectivity index (χ2v) is 14.6. The van der Waals surface area contributed by atoms with Crippen LogP contribution in [0.3, 0.4) is 0 Å².